The fourth-order valence-corrected chi connectivity index (χ4v) is 4.55. The first-order valence-electron chi connectivity index (χ1n) is 10.7. The highest BCUT2D eigenvalue weighted by Gasteiger charge is 2.28. The standard InChI is InChI=1S/C23H27N3O4S/c1-23(2)28-14-16(15-29-23)13-27-17-5-7-19-20(11-17)30-21(25-19)8-6-18-12-24-22(31-18)26-9-3-4-10-26/h5-8,11-12,16H,3-4,9-10,13-15H2,1-2H3. The number of oxazole rings is 1. The van der Waals surface area contributed by atoms with Gasteiger partial charge in [-0.15, -0.1) is 0 Å². The number of thiazole rings is 1. The minimum absolute atomic E-state index is 0.210. The topological polar surface area (TPSA) is 69.9 Å². The maximum atomic E-state index is 5.93. The Morgan fingerprint density at radius 1 is 1.19 bits per heavy atom. The van der Waals surface area contributed by atoms with Gasteiger partial charge in [-0.2, -0.15) is 0 Å². The molecule has 4 heterocycles. The van der Waals surface area contributed by atoms with Gasteiger partial charge in [-0.3, -0.25) is 0 Å². The van der Waals surface area contributed by atoms with E-state index in [2.05, 4.69) is 14.9 Å². The normalized spacial score (nSPS) is 19.6. The average molecular weight is 442 g/mol. The van der Waals surface area contributed by atoms with Crippen molar-refractivity contribution >= 4 is 39.7 Å². The predicted molar refractivity (Wildman–Crippen MR) is 121 cm³/mol. The van der Waals surface area contributed by atoms with Crippen LogP contribution >= 0.6 is 11.3 Å². The summed E-state index contributed by atoms with van der Waals surface area (Å²) >= 11 is 1.70. The second-order valence-corrected chi connectivity index (χ2v) is 9.49. The van der Waals surface area contributed by atoms with Crippen molar-refractivity contribution in [1.29, 1.82) is 0 Å². The summed E-state index contributed by atoms with van der Waals surface area (Å²) in [6, 6.07) is 5.71. The summed E-state index contributed by atoms with van der Waals surface area (Å²) in [6.07, 6.45) is 8.30. The van der Waals surface area contributed by atoms with Gasteiger partial charge in [0.05, 0.1) is 19.8 Å². The number of nitrogens with zero attached hydrogens (tertiary/aromatic N) is 3. The van der Waals surface area contributed by atoms with Gasteiger partial charge in [0, 0.05) is 42.2 Å². The first kappa shape index (κ1) is 20.5. The third kappa shape index (κ3) is 4.92. The van der Waals surface area contributed by atoms with Gasteiger partial charge in [-0.25, -0.2) is 9.97 Å². The molecule has 2 aliphatic rings. The van der Waals surface area contributed by atoms with Crippen LogP contribution in [0.15, 0.2) is 28.8 Å². The van der Waals surface area contributed by atoms with Crippen LogP contribution in [0.3, 0.4) is 0 Å². The van der Waals surface area contributed by atoms with Gasteiger partial charge in [0.15, 0.2) is 16.5 Å². The SMILES string of the molecule is CC1(C)OCC(COc2ccc3nc(C=Cc4cnc(N5CCCC5)s4)oc3c2)CO1. The number of rotatable bonds is 6. The Hall–Kier alpha value is -2.42. The van der Waals surface area contributed by atoms with Crippen LogP contribution < -0.4 is 9.64 Å². The molecule has 0 radical (unpaired) electrons. The molecule has 0 atom stereocenters. The molecule has 8 heteroatoms. The van der Waals surface area contributed by atoms with Crippen LogP contribution in [0.2, 0.25) is 0 Å². The molecule has 0 spiro atoms. The molecule has 0 unspecified atom stereocenters. The van der Waals surface area contributed by atoms with Crippen LogP contribution in [0.1, 0.15) is 37.5 Å². The average Bonchev–Trinajstić information content (AvgIpc) is 3.51. The van der Waals surface area contributed by atoms with Crippen molar-refractivity contribution in [3.05, 3.63) is 35.2 Å². The van der Waals surface area contributed by atoms with Gasteiger partial charge in [-0.1, -0.05) is 11.3 Å². The summed E-state index contributed by atoms with van der Waals surface area (Å²) in [4.78, 5) is 12.5. The first-order chi connectivity index (χ1) is 15.0. The summed E-state index contributed by atoms with van der Waals surface area (Å²) in [7, 11) is 0. The van der Waals surface area contributed by atoms with Crippen molar-refractivity contribution in [2.24, 2.45) is 5.92 Å². The number of anilines is 1. The van der Waals surface area contributed by atoms with Crippen molar-refractivity contribution in [2.75, 3.05) is 37.8 Å². The van der Waals surface area contributed by atoms with E-state index < -0.39 is 5.79 Å². The maximum Gasteiger partial charge on any atom is 0.220 e. The molecule has 31 heavy (non-hydrogen) atoms. The number of ether oxygens (including phenoxy) is 3. The Balaban J connectivity index is 1.21. The molecule has 0 N–H and O–H groups in total. The van der Waals surface area contributed by atoms with Crippen LogP contribution in [0, 0.1) is 5.92 Å². The summed E-state index contributed by atoms with van der Waals surface area (Å²) in [5, 5.41) is 1.09. The number of benzene rings is 1. The van der Waals surface area contributed by atoms with Crippen molar-refractivity contribution in [3.8, 4) is 5.75 Å². The monoisotopic (exact) mass is 441 g/mol. The fourth-order valence-electron chi connectivity index (χ4n) is 3.68. The van der Waals surface area contributed by atoms with Gasteiger partial charge >= 0.3 is 0 Å². The highest BCUT2D eigenvalue weighted by molar-refractivity contribution is 7.16. The van der Waals surface area contributed by atoms with Gasteiger partial charge in [0.2, 0.25) is 5.89 Å². The lowest BCUT2D eigenvalue weighted by Gasteiger charge is -2.34. The molecule has 0 amide bonds. The van der Waals surface area contributed by atoms with Crippen molar-refractivity contribution in [2.45, 2.75) is 32.5 Å². The zero-order chi connectivity index (χ0) is 21.3. The Morgan fingerprint density at radius 3 is 2.81 bits per heavy atom. The molecule has 2 aromatic heterocycles. The predicted octanol–water partition coefficient (Wildman–Crippen LogP) is 4.83. The molecule has 0 aliphatic carbocycles. The van der Waals surface area contributed by atoms with Crippen LogP contribution in [-0.4, -0.2) is 48.7 Å². The zero-order valence-electron chi connectivity index (χ0n) is 17.9. The lowest BCUT2D eigenvalue weighted by molar-refractivity contribution is -0.264. The van der Waals surface area contributed by atoms with Crippen molar-refractivity contribution in [3.63, 3.8) is 0 Å². The third-order valence-electron chi connectivity index (χ3n) is 5.47. The van der Waals surface area contributed by atoms with Gasteiger partial charge < -0.3 is 23.5 Å². The molecule has 1 aromatic carbocycles. The summed E-state index contributed by atoms with van der Waals surface area (Å²) in [5.41, 5.74) is 1.51. The van der Waals surface area contributed by atoms with Crippen LogP contribution in [0.5, 0.6) is 5.75 Å². The van der Waals surface area contributed by atoms with E-state index in [0.717, 1.165) is 34.4 Å². The Bertz CT molecular complexity index is 1060. The van der Waals surface area contributed by atoms with E-state index in [0.29, 0.717) is 31.3 Å². The smallest absolute Gasteiger partial charge is 0.220 e. The molecule has 3 aromatic rings. The lowest BCUT2D eigenvalue weighted by atomic mass is 10.1. The first-order valence-corrected chi connectivity index (χ1v) is 11.6. The highest BCUT2D eigenvalue weighted by atomic mass is 32.1. The van der Waals surface area contributed by atoms with E-state index in [4.69, 9.17) is 18.6 Å². The minimum atomic E-state index is -0.506. The van der Waals surface area contributed by atoms with Gasteiger partial charge in [-0.05, 0) is 44.9 Å². The minimum Gasteiger partial charge on any atom is -0.493 e. The molecule has 0 bridgehead atoms. The van der Waals surface area contributed by atoms with Crippen LogP contribution in [0.25, 0.3) is 23.3 Å². The molecule has 2 fully saturated rings. The molecule has 7 nitrogen and oxygen atoms in total. The molecular formula is C23H27N3O4S. The molecule has 2 aliphatic heterocycles. The molecule has 5 rings (SSSR count). The third-order valence-corrected chi connectivity index (χ3v) is 6.50. The van der Waals surface area contributed by atoms with E-state index in [1.54, 1.807) is 11.3 Å². The quantitative estimate of drug-likeness (QED) is 0.542. The second kappa shape index (κ2) is 8.61. The number of hydrogen-bond acceptors (Lipinski definition) is 8. The number of hydrogen-bond donors (Lipinski definition) is 0. The van der Waals surface area contributed by atoms with Crippen molar-refractivity contribution in [1.82, 2.24) is 9.97 Å². The van der Waals surface area contributed by atoms with E-state index in [1.807, 2.05) is 50.4 Å². The second-order valence-electron chi connectivity index (χ2n) is 8.45. The van der Waals surface area contributed by atoms with E-state index in [1.165, 1.54) is 12.8 Å². The molecule has 164 valence electrons. The highest BCUT2D eigenvalue weighted by Crippen LogP contribution is 2.28. The zero-order valence-corrected chi connectivity index (χ0v) is 18.7. The molecule has 2 saturated heterocycles. The maximum absolute atomic E-state index is 5.93. The Kier molecular flexibility index (Phi) is 5.69. The Labute approximate surface area is 185 Å². The number of fused-ring (bicyclic) bond motifs is 1. The summed E-state index contributed by atoms with van der Waals surface area (Å²) < 4.78 is 23.2. The fraction of sp³-hybridized carbons (Fsp3) is 0.478. The van der Waals surface area contributed by atoms with Gasteiger partial charge in [0.25, 0.3) is 0 Å². The van der Waals surface area contributed by atoms with E-state index >= 15 is 0 Å². The van der Waals surface area contributed by atoms with E-state index in [-0.39, 0.29) is 5.92 Å². The van der Waals surface area contributed by atoms with Crippen LogP contribution in [-0.2, 0) is 9.47 Å². The summed E-state index contributed by atoms with van der Waals surface area (Å²) in [6.45, 7) is 7.85. The Morgan fingerprint density at radius 2 is 2.00 bits per heavy atom. The van der Waals surface area contributed by atoms with E-state index in [9.17, 15) is 0 Å². The van der Waals surface area contributed by atoms with Gasteiger partial charge in [0.1, 0.15) is 11.3 Å². The van der Waals surface area contributed by atoms with Crippen LogP contribution in [0.4, 0.5) is 5.13 Å². The lowest BCUT2D eigenvalue weighted by Crippen LogP contribution is -2.41. The summed E-state index contributed by atoms with van der Waals surface area (Å²) in [5.74, 6) is 1.02. The molecule has 0 saturated carbocycles. The number of aromatic nitrogens is 2. The largest absolute Gasteiger partial charge is 0.493 e. The molecular weight excluding hydrogens is 414 g/mol. The van der Waals surface area contributed by atoms with Crippen molar-refractivity contribution < 1.29 is 18.6 Å².